The predicted octanol–water partition coefficient (Wildman–Crippen LogP) is 6.13. The third-order valence-electron chi connectivity index (χ3n) is 5.96. The van der Waals surface area contributed by atoms with E-state index in [9.17, 15) is 14.7 Å². The van der Waals surface area contributed by atoms with Crippen LogP contribution >= 0.6 is 15.9 Å². The lowest BCUT2D eigenvalue weighted by molar-refractivity contribution is -0.136. The zero-order valence-electron chi connectivity index (χ0n) is 19.2. The number of aliphatic carboxylic acids is 1. The number of nitrogens with zero attached hydrogens (tertiary/aromatic N) is 1. The third kappa shape index (κ3) is 5.23. The number of fused-ring (bicyclic) bond motifs is 1. The highest BCUT2D eigenvalue weighted by atomic mass is 79.9. The van der Waals surface area contributed by atoms with Crippen molar-refractivity contribution >= 4 is 38.7 Å². The lowest BCUT2D eigenvalue weighted by Gasteiger charge is -2.14. The molecule has 0 aliphatic carbocycles. The molecule has 2 N–H and O–H groups in total. The van der Waals surface area contributed by atoms with E-state index in [4.69, 9.17) is 0 Å². The Kier molecular flexibility index (Phi) is 7.17. The molecule has 0 atom stereocenters. The highest BCUT2D eigenvalue weighted by Gasteiger charge is 2.24. The van der Waals surface area contributed by atoms with E-state index in [1.807, 2.05) is 53.1 Å². The number of hydrogen-bond donors (Lipinski definition) is 2. The highest BCUT2D eigenvalue weighted by molar-refractivity contribution is 9.10. The Labute approximate surface area is 207 Å². The molecule has 4 aromatic rings. The van der Waals surface area contributed by atoms with Crippen LogP contribution in [0.2, 0.25) is 0 Å². The largest absolute Gasteiger partial charge is 0.481 e. The summed E-state index contributed by atoms with van der Waals surface area (Å²) in [6.07, 6.45) is -0.236. The van der Waals surface area contributed by atoms with Crippen molar-refractivity contribution in [2.45, 2.75) is 39.3 Å². The van der Waals surface area contributed by atoms with Crippen LogP contribution in [-0.2, 0) is 24.3 Å². The summed E-state index contributed by atoms with van der Waals surface area (Å²) in [6.45, 7) is 5.13. The van der Waals surface area contributed by atoms with Crippen molar-refractivity contribution in [3.63, 3.8) is 0 Å². The van der Waals surface area contributed by atoms with Crippen LogP contribution in [0.25, 0.3) is 10.9 Å². The first-order chi connectivity index (χ1) is 16.3. The molecular formula is C28H27BrN2O3. The molecule has 0 unspecified atom stereocenters. The van der Waals surface area contributed by atoms with E-state index < -0.39 is 5.97 Å². The number of rotatable bonds is 8. The van der Waals surface area contributed by atoms with Crippen LogP contribution in [0.15, 0.2) is 77.3 Å². The van der Waals surface area contributed by atoms with E-state index in [-0.39, 0.29) is 12.3 Å². The fraction of sp³-hybridized carbons (Fsp3) is 0.214. The van der Waals surface area contributed by atoms with Crippen molar-refractivity contribution in [3.8, 4) is 0 Å². The van der Waals surface area contributed by atoms with Crippen molar-refractivity contribution < 1.29 is 14.7 Å². The van der Waals surface area contributed by atoms with Gasteiger partial charge < -0.3 is 15.0 Å². The van der Waals surface area contributed by atoms with Crippen LogP contribution in [0.1, 0.15) is 52.5 Å². The first kappa shape index (κ1) is 23.8. The Balaban J connectivity index is 1.79. The molecule has 34 heavy (non-hydrogen) atoms. The SMILES string of the molecule is CC(C)c1ccc(Cn2c(C(=O)NCc3ccccc3)c(CC(=O)O)c3cc(Br)ccc32)cc1. The normalized spacial score (nSPS) is 11.2. The lowest BCUT2D eigenvalue weighted by Crippen LogP contribution is -2.27. The van der Waals surface area contributed by atoms with Gasteiger partial charge in [-0.1, -0.05) is 84.4 Å². The Hall–Kier alpha value is -3.38. The van der Waals surface area contributed by atoms with Crippen molar-refractivity contribution in [2.24, 2.45) is 0 Å². The molecule has 3 aromatic carbocycles. The number of carbonyl (C=O) groups is 2. The summed E-state index contributed by atoms with van der Waals surface area (Å²) in [5.74, 6) is -0.830. The van der Waals surface area contributed by atoms with Gasteiger partial charge in [0.1, 0.15) is 5.69 Å². The zero-order valence-corrected chi connectivity index (χ0v) is 20.8. The zero-order chi connectivity index (χ0) is 24.2. The summed E-state index contributed by atoms with van der Waals surface area (Å²) in [4.78, 5) is 25.3. The number of carbonyl (C=O) groups excluding carboxylic acids is 1. The summed E-state index contributed by atoms with van der Waals surface area (Å²) in [5.41, 5.74) is 5.01. The van der Waals surface area contributed by atoms with E-state index in [1.165, 1.54) is 5.56 Å². The minimum absolute atomic E-state index is 0.236. The number of carboxylic acids is 1. The fourth-order valence-electron chi connectivity index (χ4n) is 4.20. The Morgan fingerprint density at radius 2 is 1.68 bits per heavy atom. The maximum Gasteiger partial charge on any atom is 0.307 e. The second kappa shape index (κ2) is 10.3. The number of amides is 1. The molecule has 0 bridgehead atoms. The fourth-order valence-corrected chi connectivity index (χ4v) is 4.56. The molecule has 4 rings (SSSR count). The molecule has 1 amide bonds. The molecule has 0 saturated heterocycles. The maximum absolute atomic E-state index is 13.5. The number of aromatic nitrogens is 1. The monoisotopic (exact) mass is 518 g/mol. The van der Waals surface area contributed by atoms with Gasteiger partial charge in [-0.3, -0.25) is 9.59 Å². The van der Waals surface area contributed by atoms with Gasteiger partial charge in [0.15, 0.2) is 0 Å². The summed E-state index contributed by atoms with van der Waals surface area (Å²) < 4.78 is 2.77. The van der Waals surface area contributed by atoms with E-state index in [2.05, 4.69) is 59.4 Å². The quantitative estimate of drug-likeness (QED) is 0.294. The smallest absolute Gasteiger partial charge is 0.307 e. The first-order valence-electron chi connectivity index (χ1n) is 11.3. The molecule has 6 heteroatoms. The highest BCUT2D eigenvalue weighted by Crippen LogP contribution is 2.31. The minimum Gasteiger partial charge on any atom is -0.481 e. The van der Waals surface area contributed by atoms with E-state index in [0.29, 0.717) is 30.3 Å². The van der Waals surface area contributed by atoms with Gasteiger partial charge in [0.05, 0.1) is 6.42 Å². The van der Waals surface area contributed by atoms with Crippen LogP contribution in [0.4, 0.5) is 0 Å². The summed E-state index contributed by atoms with van der Waals surface area (Å²) >= 11 is 3.50. The van der Waals surface area contributed by atoms with Crippen molar-refractivity contribution in [2.75, 3.05) is 0 Å². The van der Waals surface area contributed by atoms with Crippen LogP contribution < -0.4 is 5.32 Å². The average Bonchev–Trinajstić information content (AvgIpc) is 3.10. The van der Waals surface area contributed by atoms with Crippen LogP contribution in [0.3, 0.4) is 0 Å². The molecule has 1 aromatic heterocycles. The van der Waals surface area contributed by atoms with Gasteiger partial charge in [0.25, 0.3) is 5.91 Å². The van der Waals surface area contributed by atoms with Gasteiger partial charge >= 0.3 is 5.97 Å². The molecular weight excluding hydrogens is 492 g/mol. The van der Waals surface area contributed by atoms with Crippen molar-refractivity contribution in [1.29, 1.82) is 0 Å². The second-order valence-electron chi connectivity index (χ2n) is 8.71. The topological polar surface area (TPSA) is 71.3 Å². The molecule has 0 aliphatic heterocycles. The van der Waals surface area contributed by atoms with Gasteiger partial charge in [-0.25, -0.2) is 0 Å². The average molecular weight is 519 g/mol. The summed E-state index contributed by atoms with van der Waals surface area (Å²) in [6, 6.07) is 23.8. The number of benzene rings is 3. The Morgan fingerprint density at radius 3 is 2.32 bits per heavy atom. The molecule has 0 aliphatic rings. The van der Waals surface area contributed by atoms with Crippen LogP contribution in [-0.4, -0.2) is 21.6 Å². The lowest BCUT2D eigenvalue weighted by atomic mass is 10.0. The number of carboxylic acid groups (broad SMARTS) is 1. The van der Waals surface area contributed by atoms with Crippen molar-refractivity contribution in [3.05, 3.63) is 105 Å². The number of nitrogens with one attached hydrogen (secondary N) is 1. The number of halogens is 1. The van der Waals surface area contributed by atoms with Gasteiger partial charge in [-0.2, -0.15) is 0 Å². The molecule has 1 heterocycles. The third-order valence-corrected chi connectivity index (χ3v) is 6.45. The van der Waals surface area contributed by atoms with Gasteiger partial charge in [-0.15, -0.1) is 0 Å². The van der Waals surface area contributed by atoms with Gasteiger partial charge in [0, 0.05) is 34.0 Å². The van der Waals surface area contributed by atoms with Gasteiger partial charge in [0.2, 0.25) is 0 Å². The molecule has 0 saturated carbocycles. The second-order valence-corrected chi connectivity index (χ2v) is 9.63. The Morgan fingerprint density at radius 1 is 0.971 bits per heavy atom. The standard InChI is InChI=1S/C28H27BrN2O3/c1-18(2)21-10-8-20(9-11-21)17-31-25-13-12-22(29)14-23(25)24(15-26(32)33)27(31)28(34)30-16-19-6-4-3-5-7-19/h3-14,18H,15-17H2,1-2H3,(H,30,34)(H,32,33). The van der Waals surface area contributed by atoms with Gasteiger partial charge in [-0.05, 0) is 40.8 Å². The van der Waals surface area contributed by atoms with Crippen LogP contribution in [0.5, 0.6) is 0 Å². The Bertz CT molecular complexity index is 1330. The van der Waals surface area contributed by atoms with E-state index in [1.54, 1.807) is 0 Å². The molecule has 174 valence electrons. The van der Waals surface area contributed by atoms with E-state index >= 15 is 0 Å². The number of hydrogen-bond acceptors (Lipinski definition) is 2. The molecule has 0 spiro atoms. The van der Waals surface area contributed by atoms with E-state index in [0.717, 1.165) is 26.5 Å². The minimum atomic E-state index is -0.975. The van der Waals surface area contributed by atoms with Crippen molar-refractivity contribution in [1.82, 2.24) is 9.88 Å². The summed E-state index contributed by atoms with van der Waals surface area (Å²) in [5, 5.41) is 13.4. The molecule has 0 radical (unpaired) electrons. The maximum atomic E-state index is 13.5. The summed E-state index contributed by atoms with van der Waals surface area (Å²) in [7, 11) is 0. The predicted molar refractivity (Wildman–Crippen MR) is 138 cm³/mol. The van der Waals surface area contributed by atoms with Crippen LogP contribution in [0, 0.1) is 0 Å². The molecule has 5 nitrogen and oxygen atoms in total. The molecule has 0 fully saturated rings. The first-order valence-corrected chi connectivity index (χ1v) is 12.1.